The molecule has 2 aromatic carbocycles. The van der Waals surface area contributed by atoms with Crippen molar-refractivity contribution in [2.24, 2.45) is 0 Å². The van der Waals surface area contributed by atoms with Crippen molar-refractivity contribution in [2.45, 2.75) is 0 Å². The zero-order valence-electron chi connectivity index (χ0n) is 10.7. The van der Waals surface area contributed by atoms with Gasteiger partial charge in [0.25, 0.3) is 11.4 Å². The van der Waals surface area contributed by atoms with Crippen molar-refractivity contribution in [2.75, 3.05) is 0 Å². The van der Waals surface area contributed by atoms with Crippen LogP contribution in [0, 0.1) is 20.2 Å². The van der Waals surface area contributed by atoms with Crippen molar-refractivity contribution < 1.29 is 14.6 Å². The van der Waals surface area contributed by atoms with Crippen LogP contribution >= 0.6 is 27.5 Å². The van der Waals surface area contributed by atoms with Crippen molar-refractivity contribution >= 4 is 44.7 Å². The summed E-state index contributed by atoms with van der Waals surface area (Å²) >= 11 is 8.91. The standard InChI is InChI=1S/C13H6BrClN2O5/c14-10-3-1-7(5-12(10)17(21)22)13(18)9-6-8(16(19)20)2-4-11(9)15/h1-6H. The van der Waals surface area contributed by atoms with Crippen LogP contribution in [0.15, 0.2) is 40.9 Å². The van der Waals surface area contributed by atoms with Gasteiger partial charge in [0.1, 0.15) is 0 Å². The highest BCUT2D eigenvalue weighted by molar-refractivity contribution is 9.10. The average Bonchev–Trinajstić information content (AvgIpc) is 2.47. The first kappa shape index (κ1) is 16.1. The minimum absolute atomic E-state index is 0.0114. The molecule has 0 radical (unpaired) electrons. The van der Waals surface area contributed by atoms with E-state index in [0.29, 0.717) is 0 Å². The molecule has 112 valence electrons. The van der Waals surface area contributed by atoms with Gasteiger partial charge in [0.2, 0.25) is 0 Å². The summed E-state index contributed by atoms with van der Waals surface area (Å²) in [7, 11) is 0. The van der Waals surface area contributed by atoms with E-state index in [1.165, 1.54) is 24.3 Å². The van der Waals surface area contributed by atoms with Gasteiger partial charge in [-0.3, -0.25) is 25.0 Å². The molecule has 0 amide bonds. The van der Waals surface area contributed by atoms with E-state index in [-0.39, 0.29) is 32.0 Å². The maximum atomic E-state index is 12.4. The third kappa shape index (κ3) is 3.12. The molecule has 0 saturated carbocycles. The fourth-order valence-corrected chi connectivity index (χ4v) is 2.34. The van der Waals surface area contributed by atoms with E-state index in [1.54, 1.807) is 0 Å². The number of non-ortho nitro benzene ring substituents is 1. The van der Waals surface area contributed by atoms with Gasteiger partial charge in [0.05, 0.1) is 19.3 Å². The number of benzene rings is 2. The molecule has 9 heteroatoms. The predicted octanol–water partition coefficient (Wildman–Crippen LogP) is 4.15. The second-order valence-corrected chi connectivity index (χ2v) is 5.44. The van der Waals surface area contributed by atoms with Crippen LogP contribution in [0.25, 0.3) is 0 Å². The lowest BCUT2D eigenvalue weighted by Crippen LogP contribution is -2.04. The second-order valence-electron chi connectivity index (χ2n) is 4.17. The molecule has 0 unspecified atom stereocenters. The molecule has 0 bridgehead atoms. The number of nitrogens with zero attached hydrogens (tertiary/aromatic N) is 2. The Morgan fingerprint density at radius 3 is 2.32 bits per heavy atom. The number of nitro groups is 2. The lowest BCUT2D eigenvalue weighted by Gasteiger charge is -2.04. The predicted molar refractivity (Wildman–Crippen MR) is 82.3 cm³/mol. The first-order chi connectivity index (χ1) is 10.3. The number of carbonyl (C=O) groups is 1. The summed E-state index contributed by atoms with van der Waals surface area (Å²) in [4.78, 5) is 32.7. The van der Waals surface area contributed by atoms with E-state index in [4.69, 9.17) is 11.6 Å². The molecule has 22 heavy (non-hydrogen) atoms. The van der Waals surface area contributed by atoms with Crippen LogP contribution in [-0.4, -0.2) is 15.6 Å². The molecular formula is C13H6BrClN2O5. The van der Waals surface area contributed by atoms with Crippen LogP contribution in [0.4, 0.5) is 11.4 Å². The Labute approximate surface area is 136 Å². The van der Waals surface area contributed by atoms with Crippen LogP contribution in [0.1, 0.15) is 15.9 Å². The Morgan fingerprint density at radius 2 is 1.73 bits per heavy atom. The molecule has 0 aliphatic rings. The molecule has 0 spiro atoms. The molecule has 0 atom stereocenters. The first-order valence-electron chi connectivity index (χ1n) is 5.74. The maximum Gasteiger partial charge on any atom is 0.284 e. The number of carbonyl (C=O) groups excluding carboxylic acids is 1. The van der Waals surface area contributed by atoms with Crippen molar-refractivity contribution in [3.63, 3.8) is 0 Å². The van der Waals surface area contributed by atoms with Gasteiger partial charge >= 0.3 is 0 Å². The number of rotatable bonds is 4. The third-order valence-corrected chi connectivity index (χ3v) is 3.81. The number of ketones is 1. The summed E-state index contributed by atoms with van der Waals surface area (Å²) in [6.45, 7) is 0. The molecule has 0 saturated heterocycles. The number of hydrogen-bond donors (Lipinski definition) is 0. The van der Waals surface area contributed by atoms with Crippen molar-refractivity contribution in [3.05, 3.63) is 77.2 Å². The van der Waals surface area contributed by atoms with E-state index in [9.17, 15) is 25.0 Å². The van der Waals surface area contributed by atoms with Gasteiger partial charge in [-0.1, -0.05) is 11.6 Å². The number of nitro benzene ring substituents is 2. The zero-order valence-corrected chi connectivity index (χ0v) is 13.0. The topological polar surface area (TPSA) is 103 Å². The summed E-state index contributed by atoms with van der Waals surface area (Å²) in [5, 5.41) is 21.7. The zero-order chi connectivity index (χ0) is 16.4. The van der Waals surface area contributed by atoms with Crippen LogP contribution in [0.3, 0.4) is 0 Å². The molecule has 0 fully saturated rings. The second kappa shape index (κ2) is 6.20. The molecule has 0 aliphatic carbocycles. The van der Waals surface area contributed by atoms with E-state index in [1.807, 2.05) is 0 Å². The summed E-state index contributed by atoms with van der Waals surface area (Å²) in [6.07, 6.45) is 0. The Bertz CT molecular complexity index is 809. The normalized spacial score (nSPS) is 10.3. The molecule has 7 nitrogen and oxygen atoms in total. The molecule has 0 aliphatic heterocycles. The smallest absolute Gasteiger partial charge is 0.284 e. The van der Waals surface area contributed by atoms with Crippen LogP contribution in [-0.2, 0) is 0 Å². The SMILES string of the molecule is O=C(c1ccc(Br)c([N+](=O)[O-])c1)c1cc([N+](=O)[O-])ccc1Cl. The fourth-order valence-electron chi connectivity index (χ4n) is 1.75. The molecule has 0 aromatic heterocycles. The van der Waals surface area contributed by atoms with E-state index >= 15 is 0 Å². The highest BCUT2D eigenvalue weighted by atomic mass is 79.9. The largest absolute Gasteiger partial charge is 0.289 e. The highest BCUT2D eigenvalue weighted by Gasteiger charge is 2.20. The van der Waals surface area contributed by atoms with Gasteiger partial charge < -0.3 is 0 Å². The first-order valence-corrected chi connectivity index (χ1v) is 6.91. The summed E-state index contributed by atoms with van der Waals surface area (Å²) < 4.78 is 0.221. The maximum absolute atomic E-state index is 12.4. The van der Waals surface area contributed by atoms with Crippen LogP contribution in [0.2, 0.25) is 5.02 Å². The lowest BCUT2D eigenvalue weighted by molar-refractivity contribution is -0.385. The van der Waals surface area contributed by atoms with Gasteiger partial charge in [-0.25, -0.2) is 0 Å². The lowest BCUT2D eigenvalue weighted by atomic mass is 10.0. The molecule has 0 N–H and O–H groups in total. The van der Waals surface area contributed by atoms with Crippen LogP contribution < -0.4 is 0 Å². The van der Waals surface area contributed by atoms with E-state index in [2.05, 4.69) is 15.9 Å². The Morgan fingerprint density at radius 1 is 1.05 bits per heavy atom. The van der Waals surface area contributed by atoms with Gasteiger partial charge in [0, 0.05) is 29.3 Å². The highest BCUT2D eigenvalue weighted by Crippen LogP contribution is 2.29. The summed E-state index contributed by atoms with van der Waals surface area (Å²) in [5.41, 5.74) is -0.656. The third-order valence-electron chi connectivity index (χ3n) is 2.81. The molecule has 2 rings (SSSR count). The van der Waals surface area contributed by atoms with Crippen molar-refractivity contribution in [3.8, 4) is 0 Å². The van der Waals surface area contributed by atoms with Crippen molar-refractivity contribution in [1.82, 2.24) is 0 Å². The Hall–Kier alpha value is -2.32. The number of hydrogen-bond acceptors (Lipinski definition) is 5. The monoisotopic (exact) mass is 384 g/mol. The molecule has 0 heterocycles. The minimum Gasteiger partial charge on any atom is -0.289 e. The van der Waals surface area contributed by atoms with Crippen LogP contribution in [0.5, 0.6) is 0 Å². The Kier molecular flexibility index (Phi) is 4.53. The minimum atomic E-state index is -0.656. The quantitative estimate of drug-likeness (QED) is 0.447. The van der Waals surface area contributed by atoms with Gasteiger partial charge in [-0.05, 0) is 34.1 Å². The molecule has 2 aromatic rings. The average molecular weight is 386 g/mol. The van der Waals surface area contributed by atoms with Crippen molar-refractivity contribution in [1.29, 1.82) is 0 Å². The fraction of sp³-hybridized carbons (Fsp3) is 0. The van der Waals surface area contributed by atoms with Gasteiger partial charge in [0.15, 0.2) is 5.78 Å². The molecular weight excluding hydrogens is 380 g/mol. The number of halogens is 2. The van der Waals surface area contributed by atoms with E-state index < -0.39 is 15.6 Å². The summed E-state index contributed by atoms with van der Waals surface area (Å²) in [5.74, 6) is -0.635. The van der Waals surface area contributed by atoms with Gasteiger partial charge in [-0.2, -0.15) is 0 Å². The van der Waals surface area contributed by atoms with Gasteiger partial charge in [-0.15, -0.1) is 0 Å². The summed E-state index contributed by atoms with van der Waals surface area (Å²) in [6, 6.07) is 7.26. The Balaban J connectivity index is 2.53. The van der Waals surface area contributed by atoms with E-state index in [0.717, 1.165) is 12.1 Å².